The Morgan fingerprint density at radius 3 is 2.40 bits per heavy atom. The summed E-state index contributed by atoms with van der Waals surface area (Å²) in [5.74, 6) is 0.726. The van der Waals surface area contributed by atoms with E-state index in [0.717, 1.165) is 17.5 Å². The highest BCUT2D eigenvalue weighted by Gasteiger charge is 2.27. The standard InChI is InChI=1S/C16H23N3S/c1-15(2,3)9-16(4,5)20-10-6-7-11-12(8-10)14(18)19-13(11)17/h6-8H,9H2,1-5H3,(H3,17,18,19). The molecule has 1 aliphatic rings. The van der Waals surface area contributed by atoms with Crippen LogP contribution in [-0.4, -0.2) is 16.4 Å². The molecule has 0 saturated heterocycles. The average molecular weight is 289 g/mol. The summed E-state index contributed by atoms with van der Waals surface area (Å²) in [5, 5.41) is 7.86. The summed E-state index contributed by atoms with van der Waals surface area (Å²) in [6, 6.07) is 6.09. The molecular weight excluding hydrogens is 266 g/mol. The van der Waals surface area contributed by atoms with Crippen LogP contribution in [0.1, 0.15) is 52.2 Å². The Kier molecular flexibility index (Phi) is 3.71. The molecule has 3 nitrogen and oxygen atoms in total. The lowest BCUT2D eigenvalue weighted by atomic mass is 9.86. The Labute approximate surface area is 125 Å². The number of hydrogen-bond acceptors (Lipinski definition) is 3. The Morgan fingerprint density at radius 1 is 1.15 bits per heavy atom. The van der Waals surface area contributed by atoms with Gasteiger partial charge in [-0.2, -0.15) is 0 Å². The van der Waals surface area contributed by atoms with Crippen LogP contribution in [0.25, 0.3) is 0 Å². The molecule has 0 amide bonds. The second kappa shape index (κ2) is 4.92. The molecule has 1 heterocycles. The molecule has 0 bridgehead atoms. The first kappa shape index (κ1) is 15.1. The van der Waals surface area contributed by atoms with E-state index < -0.39 is 0 Å². The quantitative estimate of drug-likeness (QED) is 0.825. The van der Waals surface area contributed by atoms with Gasteiger partial charge in [0.1, 0.15) is 5.84 Å². The summed E-state index contributed by atoms with van der Waals surface area (Å²) < 4.78 is 0.152. The summed E-state index contributed by atoms with van der Waals surface area (Å²) in [5.41, 5.74) is 7.83. The molecule has 0 atom stereocenters. The predicted octanol–water partition coefficient (Wildman–Crippen LogP) is 4.04. The maximum atomic E-state index is 7.86. The zero-order valence-electron chi connectivity index (χ0n) is 12.9. The zero-order valence-corrected chi connectivity index (χ0v) is 13.7. The van der Waals surface area contributed by atoms with Crippen molar-refractivity contribution in [2.75, 3.05) is 0 Å². The predicted molar refractivity (Wildman–Crippen MR) is 88.0 cm³/mol. The highest BCUT2D eigenvalue weighted by molar-refractivity contribution is 8.00. The number of thioether (sulfide) groups is 1. The molecule has 20 heavy (non-hydrogen) atoms. The van der Waals surface area contributed by atoms with Gasteiger partial charge >= 0.3 is 0 Å². The van der Waals surface area contributed by atoms with E-state index in [0.29, 0.717) is 11.3 Å². The number of fused-ring (bicyclic) bond motifs is 1. The monoisotopic (exact) mass is 289 g/mol. The van der Waals surface area contributed by atoms with Gasteiger partial charge in [-0.15, -0.1) is 11.8 Å². The smallest absolute Gasteiger partial charge is 0.154 e. The van der Waals surface area contributed by atoms with E-state index in [2.05, 4.69) is 45.7 Å². The molecule has 4 heteroatoms. The van der Waals surface area contributed by atoms with Crippen LogP contribution in [0.3, 0.4) is 0 Å². The topological polar surface area (TPSA) is 62.2 Å². The Balaban J connectivity index is 2.21. The molecule has 0 aromatic heterocycles. The summed E-state index contributed by atoms with van der Waals surface area (Å²) >= 11 is 1.85. The molecular formula is C16H23N3S. The van der Waals surface area contributed by atoms with E-state index in [1.807, 2.05) is 23.9 Å². The summed E-state index contributed by atoms with van der Waals surface area (Å²) in [4.78, 5) is 5.20. The molecule has 0 saturated carbocycles. The van der Waals surface area contributed by atoms with E-state index in [1.165, 1.54) is 4.90 Å². The van der Waals surface area contributed by atoms with Crippen LogP contribution in [0.4, 0.5) is 0 Å². The first-order chi connectivity index (χ1) is 9.07. The largest absolute Gasteiger partial charge is 0.383 e. The van der Waals surface area contributed by atoms with Gasteiger partial charge in [0.15, 0.2) is 5.84 Å². The van der Waals surface area contributed by atoms with Gasteiger partial charge in [0, 0.05) is 20.8 Å². The third-order valence-corrected chi connectivity index (χ3v) is 4.29. The van der Waals surface area contributed by atoms with E-state index in [4.69, 9.17) is 11.1 Å². The lowest BCUT2D eigenvalue weighted by molar-refractivity contribution is 0.339. The van der Waals surface area contributed by atoms with Crippen LogP contribution in [0, 0.1) is 10.8 Å². The second-order valence-corrected chi connectivity index (χ2v) is 8.93. The first-order valence-corrected chi connectivity index (χ1v) is 7.66. The summed E-state index contributed by atoms with van der Waals surface area (Å²) in [7, 11) is 0. The van der Waals surface area contributed by atoms with E-state index in [1.54, 1.807) is 0 Å². The molecule has 2 rings (SSSR count). The molecule has 3 N–H and O–H groups in total. The van der Waals surface area contributed by atoms with E-state index in [-0.39, 0.29) is 10.6 Å². The molecule has 0 unspecified atom stereocenters. The van der Waals surface area contributed by atoms with Crippen LogP contribution in [0.15, 0.2) is 28.1 Å². The normalized spacial score (nSPS) is 15.2. The third kappa shape index (κ3) is 3.42. The van der Waals surface area contributed by atoms with Gasteiger partial charge in [0.2, 0.25) is 0 Å². The van der Waals surface area contributed by atoms with Crippen molar-refractivity contribution in [3.05, 3.63) is 29.3 Å². The molecule has 0 aliphatic carbocycles. The average Bonchev–Trinajstić information content (AvgIpc) is 2.50. The number of aliphatic imine (C=N–C) groups is 1. The van der Waals surface area contributed by atoms with Crippen LogP contribution >= 0.6 is 11.8 Å². The van der Waals surface area contributed by atoms with Crippen LogP contribution in [0.2, 0.25) is 0 Å². The van der Waals surface area contributed by atoms with Crippen molar-refractivity contribution in [1.29, 1.82) is 5.41 Å². The van der Waals surface area contributed by atoms with Crippen molar-refractivity contribution >= 4 is 23.4 Å². The number of nitrogens with one attached hydrogen (secondary N) is 1. The lowest BCUT2D eigenvalue weighted by Gasteiger charge is -2.32. The minimum atomic E-state index is 0.152. The van der Waals surface area contributed by atoms with Gasteiger partial charge in [0.25, 0.3) is 0 Å². The second-order valence-electron chi connectivity index (χ2n) is 7.15. The van der Waals surface area contributed by atoms with Gasteiger partial charge < -0.3 is 5.73 Å². The number of rotatable bonds is 3. The first-order valence-electron chi connectivity index (χ1n) is 6.84. The van der Waals surface area contributed by atoms with Crippen molar-refractivity contribution < 1.29 is 0 Å². The SMILES string of the molecule is CC(C)(C)CC(C)(C)Sc1ccc2c(c1)C(=N)N=C2N. The molecule has 108 valence electrons. The molecule has 0 fully saturated rings. The minimum Gasteiger partial charge on any atom is -0.383 e. The Morgan fingerprint density at radius 2 is 1.80 bits per heavy atom. The fourth-order valence-electron chi connectivity index (χ4n) is 2.88. The highest BCUT2D eigenvalue weighted by Crippen LogP contribution is 2.41. The minimum absolute atomic E-state index is 0.152. The molecule has 1 aliphatic heterocycles. The van der Waals surface area contributed by atoms with Crippen LogP contribution < -0.4 is 5.73 Å². The maximum absolute atomic E-state index is 7.86. The molecule has 1 aromatic rings. The van der Waals surface area contributed by atoms with Crippen molar-refractivity contribution in [2.24, 2.45) is 16.1 Å². The fraction of sp³-hybridized carbons (Fsp3) is 0.500. The van der Waals surface area contributed by atoms with Crippen LogP contribution in [-0.2, 0) is 0 Å². The number of hydrogen-bond donors (Lipinski definition) is 2. The number of amidine groups is 2. The zero-order chi connectivity index (χ0) is 15.1. The third-order valence-electron chi connectivity index (χ3n) is 3.10. The fourth-order valence-corrected chi connectivity index (χ4v) is 4.34. The molecule has 0 spiro atoms. The van der Waals surface area contributed by atoms with Crippen LogP contribution in [0.5, 0.6) is 0 Å². The number of benzene rings is 1. The van der Waals surface area contributed by atoms with Crippen molar-refractivity contribution in [3.8, 4) is 0 Å². The Bertz CT molecular complexity index is 580. The highest BCUT2D eigenvalue weighted by atomic mass is 32.2. The van der Waals surface area contributed by atoms with Crippen molar-refractivity contribution in [3.63, 3.8) is 0 Å². The molecule has 1 aromatic carbocycles. The number of nitrogens with zero attached hydrogens (tertiary/aromatic N) is 1. The summed E-state index contributed by atoms with van der Waals surface area (Å²) in [6.45, 7) is 11.3. The van der Waals surface area contributed by atoms with Crippen molar-refractivity contribution in [1.82, 2.24) is 0 Å². The van der Waals surface area contributed by atoms with E-state index in [9.17, 15) is 0 Å². The van der Waals surface area contributed by atoms with Gasteiger partial charge in [0.05, 0.1) is 0 Å². The Hall–Kier alpha value is -1.29. The van der Waals surface area contributed by atoms with Gasteiger partial charge in [-0.05, 0) is 30.0 Å². The van der Waals surface area contributed by atoms with Gasteiger partial charge in [-0.25, -0.2) is 4.99 Å². The van der Waals surface area contributed by atoms with Gasteiger partial charge in [-0.1, -0.05) is 34.6 Å². The lowest BCUT2D eigenvalue weighted by Crippen LogP contribution is -2.23. The number of nitrogens with two attached hydrogens (primary N) is 1. The van der Waals surface area contributed by atoms with Crippen molar-refractivity contribution in [2.45, 2.75) is 50.7 Å². The van der Waals surface area contributed by atoms with Gasteiger partial charge in [-0.3, -0.25) is 5.41 Å². The molecule has 0 radical (unpaired) electrons. The maximum Gasteiger partial charge on any atom is 0.154 e. The summed E-state index contributed by atoms with van der Waals surface area (Å²) in [6.07, 6.45) is 1.12. The van der Waals surface area contributed by atoms with E-state index >= 15 is 0 Å².